The van der Waals surface area contributed by atoms with Crippen LogP contribution >= 0.6 is 11.6 Å². The summed E-state index contributed by atoms with van der Waals surface area (Å²) in [6, 6.07) is 3.66. The molecule has 5 nitrogen and oxygen atoms in total. The van der Waals surface area contributed by atoms with Crippen LogP contribution in [-0.4, -0.2) is 19.9 Å². The van der Waals surface area contributed by atoms with Crippen LogP contribution < -0.4 is 5.73 Å². The molecule has 0 radical (unpaired) electrons. The van der Waals surface area contributed by atoms with Crippen LogP contribution in [0.3, 0.4) is 0 Å². The molecule has 0 unspecified atom stereocenters. The third-order valence-electron chi connectivity index (χ3n) is 1.87. The number of aromatic nitrogens is 4. The highest BCUT2D eigenvalue weighted by atomic mass is 35.5. The first-order chi connectivity index (χ1) is 7.16. The van der Waals surface area contributed by atoms with Gasteiger partial charge in [0.1, 0.15) is 0 Å². The lowest BCUT2D eigenvalue weighted by Crippen LogP contribution is -2.01. The minimum absolute atomic E-state index is 0.0840. The third-order valence-corrected chi connectivity index (χ3v) is 2.04. The van der Waals surface area contributed by atoms with Crippen molar-refractivity contribution in [3.63, 3.8) is 0 Å². The number of anilines is 1. The summed E-state index contributed by atoms with van der Waals surface area (Å²) < 4.78 is 0. The highest BCUT2D eigenvalue weighted by Gasteiger charge is 2.07. The maximum Gasteiger partial charge on any atom is 0.227 e. The number of nitrogens with zero attached hydrogens (tertiary/aromatic N) is 4. The molecule has 76 valence electrons. The standard InChI is InChI=1S/C9H8ClN5/c1-5-6(3-2-4-12-5)7-13-8(10)15-9(11)14-7/h2-4H,1H3,(H2,11,13,14,15). The highest BCUT2D eigenvalue weighted by molar-refractivity contribution is 6.28. The van der Waals surface area contributed by atoms with E-state index in [4.69, 9.17) is 17.3 Å². The van der Waals surface area contributed by atoms with Gasteiger partial charge in [0.2, 0.25) is 11.2 Å². The molecule has 0 fully saturated rings. The molecule has 0 aromatic carbocycles. The van der Waals surface area contributed by atoms with Gasteiger partial charge in [0.05, 0.1) is 0 Å². The molecule has 0 saturated carbocycles. The van der Waals surface area contributed by atoms with Gasteiger partial charge in [0, 0.05) is 17.5 Å². The van der Waals surface area contributed by atoms with Gasteiger partial charge in [-0.05, 0) is 30.7 Å². The van der Waals surface area contributed by atoms with Crippen molar-refractivity contribution in [3.8, 4) is 11.4 Å². The van der Waals surface area contributed by atoms with E-state index in [1.54, 1.807) is 12.3 Å². The van der Waals surface area contributed by atoms with Crippen molar-refractivity contribution in [2.45, 2.75) is 6.92 Å². The van der Waals surface area contributed by atoms with Gasteiger partial charge in [-0.15, -0.1) is 0 Å². The molecule has 0 atom stereocenters. The maximum atomic E-state index is 5.69. The van der Waals surface area contributed by atoms with E-state index in [0.717, 1.165) is 11.3 Å². The summed E-state index contributed by atoms with van der Waals surface area (Å²) >= 11 is 5.69. The van der Waals surface area contributed by atoms with Gasteiger partial charge < -0.3 is 5.73 Å². The molecule has 2 aromatic heterocycles. The lowest BCUT2D eigenvalue weighted by molar-refractivity contribution is 1.06. The summed E-state index contributed by atoms with van der Waals surface area (Å²) in [6.07, 6.45) is 1.70. The SMILES string of the molecule is Cc1ncccc1-c1nc(N)nc(Cl)n1. The van der Waals surface area contributed by atoms with Gasteiger partial charge in [-0.1, -0.05) is 0 Å². The predicted molar refractivity (Wildman–Crippen MR) is 57.2 cm³/mol. The van der Waals surface area contributed by atoms with E-state index in [2.05, 4.69) is 19.9 Å². The van der Waals surface area contributed by atoms with Crippen LogP contribution in [0.4, 0.5) is 5.95 Å². The van der Waals surface area contributed by atoms with Gasteiger partial charge in [-0.25, -0.2) is 0 Å². The van der Waals surface area contributed by atoms with Crippen molar-refractivity contribution in [2.75, 3.05) is 5.73 Å². The summed E-state index contributed by atoms with van der Waals surface area (Å²) in [7, 11) is 0. The number of nitrogen functional groups attached to an aromatic ring is 1. The topological polar surface area (TPSA) is 77.6 Å². The summed E-state index contributed by atoms with van der Waals surface area (Å²) in [5, 5.41) is 0.0840. The lowest BCUT2D eigenvalue weighted by atomic mass is 10.2. The van der Waals surface area contributed by atoms with Crippen molar-refractivity contribution >= 4 is 17.5 Å². The first kappa shape index (κ1) is 9.79. The van der Waals surface area contributed by atoms with Crippen LogP contribution in [0.2, 0.25) is 5.28 Å². The van der Waals surface area contributed by atoms with Crippen LogP contribution in [0.25, 0.3) is 11.4 Å². The lowest BCUT2D eigenvalue weighted by Gasteiger charge is -2.03. The molecule has 2 N–H and O–H groups in total. The van der Waals surface area contributed by atoms with E-state index in [1.165, 1.54) is 0 Å². The largest absolute Gasteiger partial charge is 0.368 e. The van der Waals surface area contributed by atoms with Crippen LogP contribution in [0.15, 0.2) is 18.3 Å². The number of aryl methyl sites for hydroxylation is 1. The van der Waals surface area contributed by atoms with Gasteiger partial charge in [0.25, 0.3) is 0 Å². The number of nitrogens with two attached hydrogens (primary N) is 1. The first-order valence-corrected chi connectivity index (χ1v) is 4.63. The first-order valence-electron chi connectivity index (χ1n) is 4.26. The molecule has 0 spiro atoms. The van der Waals surface area contributed by atoms with Gasteiger partial charge in [-0.2, -0.15) is 15.0 Å². The summed E-state index contributed by atoms with van der Waals surface area (Å²) in [5.74, 6) is 0.548. The van der Waals surface area contributed by atoms with Crippen molar-refractivity contribution in [2.24, 2.45) is 0 Å². The van der Waals surface area contributed by atoms with E-state index in [0.29, 0.717) is 5.82 Å². The number of rotatable bonds is 1. The van der Waals surface area contributed by atoms with Crippen LogP contribution in [0.5, 0.6) is 0 Å². The van der Waals surface area contributed by atoms with E-state index >= 15 is 0 Å². The second-order valence-electron chi connectivity index (χ2n) is 2.92. The smallest absolute Gasteiger partial charge is 0.227 e. The summed E-state index contributed by atoms with van der Waals surface area (Å²) in [5.41, 5.74) is 7.10. The van der Waals surface area contributed by atoms with Crippen molar-refractivity contribution in [3.05, 3.63) is 29.3 Å². The van der Waals surface area contributed by atoms with Crippen molar-refractivity contribution in [1.82, 2.24) is 19.9 Å². The Morgan fingerprint density at radius 2 is 2.07 bits per heavy atom. The molecule has 0 saturated heterocycles. The van der Waals surface area contributed by atoms with E-state index in [-0.39, 0.29) is 11.2 Å². The monoisotopic (exact) mass is 221 g/mol. The average molecular weight is 222 g/mol. The highest BCUT2D eigenvalue weighted by Crippen LogP contribution is 2.18. The third kappa shape index (κ3) is 2.02. The number of hydrogen-bond acceptors (Lipinski definition) is 5. The fourth-order valence-corrected chi connectivity index (χ4v) is 1.37. The van der Waals surface area contributed by atoms with Crippen molar-refractivity contribution in [1.29, 1.82) is 0 Å². The minimum Gasteiger partial charge on any atom is -0.368 e. The fraction of sp³-hybridized carbons (Fsp3) is 0.111. The Kier molecular flexibility index (Phi) is 2.47. The molecule has 0 aliphatic rings. The Morgan fingerprint density at radius 1 is 1.27 bits per heavy atom. The zero-order valence-corrected chi connectivity index (χ0v) is 8.73. The molecule has 0 aliphatic carbocycles. The Labute approximate surface area is 91.4 Å². The Morgan fingerprint density at radius 3 is 2.73 bits per heavy atom. The van der Waals surface area contributed by atoms with Crippen LogP contribution in [0, 0.1) is 6.92 Å². The molecule has 6 heteroatoms. The molecule has 0 aliphatic heterocycles. The van der Waals surface area contributed by atoms with Gasteiger partial charge >= 0.3 is 0 Å². The number of halogens is 1. The molecule has 2 aromatic rings. The molecular weight excluding hydrogens is 214 g/mol. The zero-order valence-electron chi connectivity index (χ0n) is 7.98. The average Bonchev–Trinajstić information content (AvgIpc) is 2.16. The van der Waals surface area contributed by atoms with Crippen molar-refractivity contribution < 1.29 is 0 Å². The normalized spacial score (nSPS) is 10.3. The number of hydrogen-bond donors (Lipinski definition) is 1. The Hall–Kier alpha value is -1.75. The Balaban J connectivity index is 2.59. The maximum absolute atomic E-state index is 5.69. The predicted octanol–water partition coefficient (Wildman–Crippen LogP) is 1.48. The second kappa shape index (κ2) is 3.78. The second-order valence-corrected chi connectivity index (χ2v) is 3.26. The Bertz CT molecular complexity index is 479. The summed E-state index contributed by atoms with van der Waals surface area (Å²) in [6.45, 7) is 1.86. The molecule has 0 amide bonds. The van der Waals surface area contributed by atoms with E-state index in [9.17, 15) is 0 Å². The van der Waals surface area contributed by atoms with Crippen LogP contribution in [-0.2, 0) is 0 Å². The van der Waals surface area contributed by atoms with Crippen LogP contribution in [0.1, 0.15) is 5.69 Å². The fourth-order valence-electron chi connectivity index (χ4n) is 1.21. The zero-order chi connectivity index (χ0) is 10.8. The molecule has 2 heterocycles. The van der Waals surface area contributed by atoms with E-state index < -0.39 is 0 Å². The molecule has 15 heavy (non-hydrogen) atoms. The van der Waals surface area contributed by atoms with E-state index in [1.807, 2.05) is 13.0 Å². The summed E-state index contributed by atoms with van der Waals surface area (Å²) in [4.78, 5) is 15.8. The quantitative estimate of drug-likeness (QED) is 0.789. The van der Waals surface area contributed by atoms with Gasteiger partial charge in [-0.3, -0.25) is 4.98 Å². The molecular formula is C9H8ClN5. The number of pyridine rings is 1. The minimum atomic E-state index is 0.0840. The van der Waals surface area contributed by atoms with Gasteiger partial charge in [0.15, 0.2) is 5.82 Å². The molecule has 0 bridgehead atoms. The molecule has 2 rings (SSSR count).